The second-order valence-corrected chi connectivity index (χ2v) is 7.31. The Morgan fingerprint density at radius 3 is 2.21 bits per heavy atom. The number of hydrogen-bond donors (Lipinski definition) is 1. The molecule has 0 unspecified atom stereocenters. The molecule has 3 heterocycles. The van der Waals surface area contributed by atoms with E-state index in [4.69, 9.17) is 0 Å². The number of carbonyl (C=O) groups excluding carboxylic acids is 1. The summed E-state index contributed by atoms with van der Waals surface area (Å²) in [4.78, 5) is 25.7. The lowest BCUT2D eigenvalue weighted by Crippen LogP contribution is -2.54. The number of pyridine rings is 1. The van der Waals surface area contributed by atoms with Gasteiger partial charge in [0.25, 0.3) is 0 Å². The number of piperazine rings is 2. The SMILES string of the molecule is O=C(CN1CCN(c2ccccc2O)CC1)N1CCN(c2ccccn2)CC1. The Balaban J connectivity index is 1.24. The zero-order valence-electron chi connectivity index (χ0n) is 16.1. The molecule has 2 saturated heterocycles. The summed E-state index contributed by atoms with van der Waals surface area (Å²) in [7, 11) is 0. The fourth-order valence-electron chi connectivity index (χ4n) is 3.90. The van der Waals surface area contributed by atoms with Crippen molar-refractivity contribution in [2.24, 2.45) is 0 Å². The lowest BCUT2D eigenvalue weighted by molar-refractivity contribution is -0.132. The van der Waals surface area contributed by atoms with E-state index in [0.29, 0.717) is 12.3 Å². The van der Waals surface area contributed by atoms with Crippen LogP contribution < -0.4 is 9.80 Å². The highest BCUT2D eigenvalue weighted by atomic mass is 16.3. The summed E-state index contributed by atoms with van der Waals surface area (Å²) < 4.78 is 0. The fourth-order valence-corrected chi connectivity index (χ4v) is 3.90. The zero-order valence-corrected chi connectivity index (χ0v) is 16.1. The third-order valence-electron chi connectivity index (χ3n) is 5.56. The van der Waals surface area contributed by atoms with Crippen LogP contribution in [0.3, 0.4) is 0 Å². The highest BCUT2D eigenvalue weighted by Crippen LogP contribution is 2.27. The summed E-state index contributed by atoms with van der Waals surface area (Å²) >= 11 is 0. The van der Waals surface area contributed by atoms with Gasteiger partial charge in [0.05, 0.1) is 12.2 Å². The first kappa shape index (κ1) is 18.6. The molecule has 2 fully saturated rings. The molecule has 2 aromatic rings. The third kappa shape index (κ3) is 4.20. The second kappa shape index (κ2) is 8.48. The van der Waals surface area contributed by atoms with Crippen LogP contribution in [0.4, 0.5) is 11.5 Å². The molecule has 28 heavy (non-hydrogen) atoms. The lowest BCUT2D eigenvalue weighted by Gasteiger charge is -2.39. The molecular formula is C21H27N5O2. The average molecular weight is 381 g/mol. The number of rotatable bonds is 4. The van der Waals surface area contributed by atoms with Gasteiger partial charge in [-0.15, -0.1) is 0 Å². The Morgan fingerprint density at radius 2 is 1.54 bits per heavy atom. The Hall–Kier alpha value is -2.80. The van der Waals surface area contributed by atoms with Gasteiger partial charge >= 0.3 is 0 Å². The first-order valence-electron chi connectivity index (χ1n) is 9.90. The van der Waals surface area contributed by atoms with Gasteiger partial charge in [-0.25, -0.2) is 4.98 Å². The predicted molar refractivity (Wildman–Crippen MR) is 110 cm³/mol. The van der Waals surface area contributed by atoms with Crippen molar-refractivity contribution in [3.05, 3.63) is 48.7 Å². The highest BCUT2D eigenvalue weighted by Gasteiger charge is 2.25. The van der Waals surface area contributed by atoms with Crippen LogP contribution in [0, 0.1) is 0 Å². The van der Waals surface area contributed by atoms with Crippen LogP contribution in [0.1, 0.15) is 0 Å². The van der Waals surface area contributed by atoms with Crippen LogP contribution in [0.15, 0.2) is 48.7 Å². The van der Waals surface area contributed by atoms with Crippen molar-refractivity contribution >= 4 is 17.4 Å². The predicted octanol–water partition coefficient (Wildman–Crippen LogP) is 1.26. The molecule has 1 N–H and O–H groups in total. The van der Waals surface area contributed by atoms with Crippen molar-refractivity contribution in [3.8, 4) is 5.75 Å². The molecular weight excluding hydrogens is 354 g/mol. The van der Waals surface area contributed by atoms with E-state index in [9.17, 15) is 9.90 Å². The van der Waals surface area contributed by atoms with Gasteiger partial charge in [-0.3, -0.25) is 9.69 Å². The maximum Gasteiger partial charge on any atom is 0.236 e. The first-order valence-corrected chi connectivity index (χ1v) is 9.90. The van der Waals surface area contributed by atoms with Crippen molar-refractivity contribution < 1.29 is 9.90 Å². The molecule has 0 radical (unpaired) electrons. The standard InChI is InChI=1S/C21H27N5O2/c27-19-6-2-1-5-18(19)24-11-9-23(10-12-24)17-21(28)26-15-13-25(14-16-26)20-7-3-4-8-22-20/h1-8,27H,9-17H2. The molecule has 4 rings (SSSR count). The van der Waals surface area contributed by atoms with E-state index in [2.05, 4.69) is 19.7 Å². The Morgan fingerprint density at radius 1 is 0.857 bits per heavy atom. The van der Waals surface area contributed by atoms with Crippen LogP contribution >= 0.6 is 0 Å². The summed E-state index contributed by atoms with van der Waals surface area (Å²) in [6, 6.07) is 13.4. The average Bonchev–Trinajstić information content (AvgIpc) is 2.75. The van der Waals surface area contributed by atoms with Gasteiger partial charge in [0.15, 0.2) is 0 Å². The topological polar surface area (TPSA) is 63.2 Å². The van der Waals surface area contributed by atoms with Gasteiger partial charge < -0.3 is 19.8 Å². The third-order valence-corrected chi connectivity index (χ3v) is 5.56. The van der Waals surface area contributed by atoms with E-state index in [-0.39, 0.29) is 5.91 Å². The zero-order chi connectivity index (χ0) is 19.3. The molecule has 0 atom stereocenters. The fraction of sp³-hybridized carbons (Fsp3) is 0.429. The molecule has 0 aliphatic carbocycles. The Labute approximate surface area is 165 Å². The number of aromatic hydroxyl groups is 1. The molecule has 1 amide bonds. The molecule has 1 aromatic carbocycles. The van der Waals surface area contributed by atoms with Gasteiger partial charge in [-0.2, -0.15) is 0 Å². The molecule has 7 nitrogen and oxygen atoms in total. The Kier molecular flexibility index (Phi) is 5.62. The quantitative estimate of drug-likeness (QED) is 0.860. The number of aromatic nitrogens is 1. The van der Waals surface area contributed by atoms with Gasteiger partial charge in [0.2, 0.25) is 5.91 Å². The van der Waals surface area contributed by atoms with E-state index in [0.717, 1.165) is 63.9 Å². The van der Waals surface area contributed by atoms with E-state index in [1.165, 1.54) is 0 Å². The van der Waals surface area contributed by atoms with Crippen LogP contribution in [0.25, 0.3) is 0 Å². The first-order chi connectivity index (χ1) is 13.7. The maximum atomic E-state index is 12.7. The number of para-hydroxylation sites is 2. The smallest absolute Gasteiger partial charge is 0.236 e. The van der Waals surface area contributed by atoms with Gasteiger partial charge in [0.1, 0.15) is 11.6 Å². The second-order valence-electron chi connectivity index (χ2n) is 7.31. The molecule has 1 aromatic heterocycles. The van der Waals surface area contributed by atoms with Crippen LogP contribution in [0.5, 0.6) is 5.75 Å². The number of anilines is 2. The summed E-state index contributed by atoms with van der Waals surface area (Å²) in [6.45, 7) is 6.89. The number of amides is 1. The van der Waals surface area contributed by atoms with Crippen molar-refractivity contribution in [2.75, 3.05) is 68.7 Å². The number of phenolic OH excluding ortho intramolecular Hbond substituents is 1. The normalized spacial score (nSPS) is 18.4. The van der Waals surface area contributed by atoms with Crippen molar-refractivity contribution in [1.82, 2.24) is 14.8 Å². The summed E-state index contributed by atoms with van der Waals surface area (Å²) in [6.07, 6.45) is 1.81. The van der Waals surface area contributed by atoms with E-state index < -0.39 is 0 Å². The number of benzene rings is 1. The molecule has 0 bridgehead atoms. The van der Waals surface area contributed by atoms with Gasteiger partial charge in [-0.1, -0.05) is 18.2 Å². The number of carbonyl (C=O) groups is 1. The van der Waals surface area contributed by atoms with Crippen molar-refractivity contribution in [2.45, 2.75) is 0 Å². The largest absolute Gasteiger partial charge is 0.506 e. The summed E-state index contributed by atoms with van der Waals surface area (Å²) in [5, 5.41) is 10.0. The van der Waals surface area contributed by atoms with Crippen LogP contribution in [0.2, 0.25) is 0 Å². The summed E-state index contributed by atoms with van der Waals surface area (Å²) in [5.41, 5.74) is 0.874. The van der Waals surface area contributed by atoms with E-state index >= 15 is 0 Å². The maximum absolute atomic E-state index is 12.7. The molecule has 0 spiro atoms. The van der Waals surface area contributed by atoms with Crippen molar-refractivity contribution in [3.63, 3.8) is 0 Å². The monoisotopic (exact) mass is 381 g/mol. The van der Waals surface area contributed by atoms with Crippen LogP contribution in [-0.2, 0) is 4.79 Å². The van der Waals surface area contributed by atoms with E-state index in [1.54, 1.807) is 6.07 Å². The van der Waals surface area contributed by atoms with Gasteiger partial charge in [0, 0.05) is 58.6 Å². The van der Waals surface area contributed by atoms with Gasteiger partial charge in [-0.05, 0) is 24.3 Å². The summed E-state index contributed by atoms with van der Waals surface area (Å²) in [5.74, 6) is 1.50. The minimum absolute atomic E-state index is 0.205. The molecule has 2 aliphatic heterocycles. The Bertz CT molecular complexity index is 784. The highest BCUT2D eigenvalue weighted by molar-refractivity contribution is 5.78. The molecule has 2 aliphatic rings. The number of phenols is 1. The lowest BCUT2D eigenvalue weighted by atomic mass is 10.2. The van der Waals surface area contributed by atoms with Crippen molar-refractivity contribution in [1.29, 1.82) is 0 Å². The number of nitrogens with zero attached hydrogens (tertiary/aromatic N) is 5. The minimum Gasteiger partial charge on any atom is -0.506 e. The minimum atomic E-state index is 0.205. The van der Waals surface area contributed by atoms with Crippen LogP contribution in [-0.4, -0.2) is 84.7 Å². The number of hydrogen-bond acceptors (Lipinski definition) is 6. The molecule has 7 heteroatoms. The molecule has 0 saturated carbocycles. The van der Waals surface area contributed by atoms with E-state index in [1.807, 2.05) is 47.5 Å². The molecule has 148 valence electrons.